The first-order valence-corrected chi connectivity index (χ1v) is 11.3. The summed E-state index contributed by atoms with van der Waals surface area (Å²) in [6.07, 6.45) is 14.0. The Labute approximate surface area is 192 Å². The molecule has 2 aromatic heterocycles. The summed E-state index contributed by atoms with van der Waals surface area (Å²) in [6.45, 7) is 14.4. The lowest BCUT2D eigenvalue weighted by atomic mass is 10.2. The van der Waals surface area contributed by atoms with Crippen molar-refractivity contribution in [3.63, 3.8) is 0 Å². The second kappa shape index (κ2) is 15.6. The number of hydrogen-bond donors (Lipinski definition) is 1. The molecule has 5 heteroatoms. The van der Waals surface area contributed by atoms with Crippen LogP contribution >= 0.6 is 0 Å². The maximum atomic E-state index is 8.76. The molecule has 0 spiro atoms. The first kappa shape index (κ1) is 26.8. The number of unbranched alkanes of at least 4 members (excludes halogenated alkanes) is 4. The van der Waals surface area contributed by atoms with E-state index in [0.29, 0.717) is 5.75 Å². The van der Waals surface area contributed by atoms with Gasteiger partial charge in [0.25, 0.3) is 0 Å². The lowest BCUT2D eigenvalue weighted by Crippen LogP contribution is -2.27. The van der Waals surface area contributed by atoms with Gasteiger partial charge in [-0.15, -0.1) is 0 Å². The summed E-state index contributed by atoms with van der Waals surface area (Å²) >= 11 is 0. The van der Waals surface area contributed by atoms with Crippen molar-refractivity contribution in [2.24, 2.45) is 4.99 Å². The highest BCUT2D eigenvalue weighted by atomic mass is 16.3. The lowest BCUT2D eigenvalue weighted by Gasteiger charge is -1.99. The first-order valence-electron chi connectivity index (χ1n) is 11.3. The molecule has 5 nitrogen and oxygen atoms in total. The predicted octanol–water partition coefficient (Wildman–Crippen LogP) is 5.57. The Bertz CT molecular complexity index is 993. The van der Waals surface area contributed by atoms with Crippen molar-refractivity contribution in [3.8, 4) is 11.4 Å². The molecule has 0 aliphatic rings. The van der Waals surface area contributed by atoms with E-state index in [0.717, 1.165) is 22.1 Å². The van der Waals surface area contributed by atoms with Crippen LogP contribution in [0.2, 0.25) is 0 Å². The number of aromatic nitrogens is 3. The van der Waals surface area contributed by atoms with Gasteiger partial charge in [0.1, 0.15) is 17.4 Å². The van der Waals surface area contributed by atoms with Crippen molar-refractivity contribution in [2.75, 3.05) is 0 Å². The molecular weight excluding hydrogens is 396 g/mol. The zero-order valence-corrected chi connectivity index (χ0v) is 20.3. The van der Waals surface area contributed by atoms with Crippen LogP contribution in [0, 0.1) is 6.92 Å². The van der Waals surface area contributed by atoms with E-state index in [1.54, 1.807) is 37.1 Å². The molecule has 0 aliphatic heterocycles. The van der Waals surface area contributed by atoms with Crippen LogP contribution in [0.5, 0.6) is 5.75 Å². The molecule has 0 atom stereocenters. The number of nitrogens with zero attached hydrogens (tertiary/aromatic N) is 4. The minimum absolute atomic E-state index is 0.329. The molecule has 3 aromatic rings. The molecule has 0 aliphatic carbocycles. The molecule has 0 bridgehead atoms. The highest BCUT2D eigenvalue weighted by Gasteiger charge is 1.97. The van der Waals surface area contributed by atoms with Gasteiger partial charge in [-0.2, -0.15) is 0 Å². The Morgan fingerprint density at radius 1 is 1.00 bits per heavy atom. The third-order valence-corrected chi connectivity index (χ3v) is 4.53. The Morgan fingerprint density at radius 3 is 2.09 bits per heavy atom. The fraction of sp³-hybridized carbons (Fsp3) is 0.370. The van der Waals surface area contributed by atoms with Gasteiger partial charge in [0, 0.05) is 18.1 Å². The van der Waals surface area contributed by atoms with Crippen LogP contribution in [-0.4, -0.2) is 25.4 Å². The number of pyridine rings is 1. The van der Waals surface area contributed by atoms with Crippen molar-refractivity contribution in [1.29, 1.82) is 0 Å². The van der Waals surface area contributed by atoms with Crippen LogP contribution in [0.25, 0.3) is 18.5 Å². The third-order valence-electron chi connectivity index (χ3n) is 4.53. The summed E-state index contributed by atoms with van der Waals surface area (Å²) in [5.41, 5.74) is 3.15. The summed E-state index contributed by atoms with van der Waals surface area (Å²) in [5.74, 6) is 0.329. The monoisotopic (exact) mass is 434 g/mol. The highest BCUT2D eigenvalue weighted by molar-refractivity contribution is 5.81. The average Bonchev–Trinajstić information content (AvgIpc) is 3.16. The van der Waals surface area contributed by atoms with Crippen LogP contribution in [0.4, 0.5) is 0 Å². The average molecular weight is 435 g/mol. The van der Waals surface area contributed by atoms with Gasteiger partial charge in [0.05, 0.1) is 17.2 Å². The number of phenols is 1. The molecule has 0 saturated carbocycles. The topological polar surface area (TPSA) is 63.3 Å². The van der Waals surface area contributed by atoms with Gasteiger partial charge in [0.15, 0.2) is 0 Å². The van der Waals surface area contributed by atoms with Crippen molar-refractivity contribution < 1.29 is 5.11 Å². The van der Waals surface area contributed by atoms with E-state index in [-0.39, 0.29) is 0 Å². The quantitative estimate of drug-likeness (QED) is 0.407. The number of rotatable bonds is 6. The Kier molecular flexibility index (Phi) is 13.1. The summed E-state index contributed by atoms with van der Waals surface area (Å²) in [6, 6.07) is 10.9. The van der Waals surface area contributed by atoms with Crippen LogP contribution in [-0.2, 0) is 0 Å². The summed E-state index contributed by atoms with van der Waals surface area (Å²) in [4.78, 5) is 12.5. The van der Waals surface area contributed by atoms with Crippen LogP contribution < -0.4 is 10.7 Å². The minimum atomic E-state index is 0.329. The van der Waals surface area contributed by atoms with E-state index < -0.39 is 0 Å². The van der Waals surface area contributed by atoms with Gasteiger partial charge < -0.3 is 5.11 Å². The molecular formula is C27H38N4O. The van der Waals surface area contributed by atoms with Gasteiger partial charge in [-0.25, -0.2) is 4.98 Å². The third kappa shape index (κ3) is 10.7. The van der Waals surface area contributed by atoms with Crippen LogP contribution in [0.3, 0.4) is 0 Å². The number of phenolic OH excluding ortho intramolecular Hbond substituents is 1. The van der Waals surface area contributed by atoms with Crippen molar-refractivity contribution in [1.82, 2.24) is 14.5 Å². The second-order valence-electron chi connectivity index (χ2n) is 7.75. The highest BCUT2D eigenvalue weighted by Crippen LogP contribution is 2.07. The molecule has 3 rings (SSSR count). The van der Waals surface area contributed by atoms with E-state index in [4.69, 9.17) is 5.11 Å². The lowest BCUT2D eigenvalue weighted by molar-refractivity contribution is 0.475. The van der Waals surface area contributed by atoms with E-state index in [1.807, 2.05) is 49.6 Å². The number of imidazole rings is 1. The fourth-order valence-electron chi connectivity index (χ4n) is 2.63. The largest absolute Gasteiger partial charge is 0.508 e. The molecule has 0 radical (unpaired) electrons. The molecule has 2 heterocycles. The van der Waals surface area contributed by atoms with Gasteiger partial charge in [-0.3, -0.25) is 14.5 Å². The molecule has 172 valence electrons. The van der Waals surface area contributed by atoms with Gasteiger partial charge in [0.2, 0.25) is 0 Å². The first-order chi connectivity index (χ1) is 15.4. The molecule has 1 N–H and O–H groups in total. The normalized spacial score (nSPS) is 10.5. The van der Waals surface area contributed by atoms with Crippen molar-refractivity contribution in [2.45, 2.75) is 66.7 Å². The van der Waals surface area contributed by atoms with Crippen LogP contribution in [0.1, 0.15) is 65.4 Å². The smallest absolute Gasteiger partial charge is 0.115 e. The van der Waals surface area contributed by atoms with Gasteiger partial charge in [-0.1, -0.05) is 70.2 Å². The fourth-order valence-corrected chi connectivity index (χ4v) is 2.63. The Balaban J connectivity index is 0.000000284. The predicted molar refractivity (Wildman–Crippen MR) is 137 cm³/mol. The zero-order chi connectivity index (χ0) is 23.8. The van der Waals surface area contributed by atoms with Crippen LogP contribution in [0.15, 0.2) is 60.1 Å². The SMILES string of the molecule is C=c1/c(=C\N=C(C)C)ncn1-c1ccncc1.CCCCCCC.Cc1ccc(O)cc1. The van der Waals surface area contributed by atoms with Crippen molar-refractivity contribution >= 4 is 18.5 Å². The standard InChI is InChI=1S/C13H14N4.C7H8O.C7H16/c1-10(2)15-8-13-11(3)17(9-16-13)12-4-6-14-7-5-12;1-6-2-4-7(8)5-3-6;1-3-5-7-6-4-2/h4-9H,3H2,1-2H3;2-5,8H,1H3;3-7H2,1-2H3/b13-8+;;. The molecule has 0 unspecified atom stereocenters. The number of benzene rings is 1. The molecule has 1 aromatic carbocycles. The van der Waals surface area contributed by atoms with E-state index in [1.165, 1.54) is 37.7 Å². The van der Waals surface area contributed by atoms with E-state index >= 15 is 0 Å². The number of hydrogen-bond acceptors (Lipinski definition) is 4. The Morgan fingerprint density at radius 2 is 1.59 bits per heavy atom. The van der Waals surface area contributed by atoms with E-state index in [9.17, 15) is 0 Å². The summed E-state index contributed by atoms with van der Waals surface area (Å²) in [5, 5.41) is 10.4. The maximum absolute atomic E-state index is 8.76. The molecule has 0 saturated heterocycles. The minimum Gasteiger partial charge on any atom is -0.508 e. The van der Waals surface area contributed by atoms with Crippen molar-refractivity contribution in [3.05, 3.63) is 71.4 Å². The molecule has 0 amide bonds. The zero-order valence-electron chi connectivity index (χ0n) is 20.3. The summed E-state index contributed by atoms with van der Waals surface area (Å²) < 4.78 is 1.91. The van der Waals surface area contributed by atoms with E-state index in [2.05, 4.69) is 35.4 Å². The number of aliphatic imine (C=N–C) groups is 1. The van der Waals surface area contributed by atoms with Gasteiger partial charge >= 0.3 is 0 Å². The molecule has 0 fully saturated rings. The number of aromatic hydroxyl groups is 1. The maximum Gasteiger partial charge on any atom is 0.115 e. The second-order valence-corrected chi connectivity index (χ2v) is 7.75. The number of aryl methyl sites for hydroxylation is 1. The molecule has 32 heavy (non-hydrogen) atoms. The summed E-state index contributed by atoms with van der Waals surface area (Å²) in [7, 11) is 0. The van der Waals surface area contributed by atoms with Gasteiger partial charge in [-0.05, 0) is 45.0 Å². The Hall–Kier alpha value is -3.21.